The van der Waals surface area contributed by atoms with Crippen LogP contribution in [0.1, 0.15) is 31.1 Å². The summed E-state index contributed by atoms with van der Waals surface area (Å²) in [5.41, 5.74) is -0.908. The normalized spacial score (nSPS) is 11.3. The highest BCUT2D eigenvalue weighted by Crippen LogP contribution is 2.47. The van der Waals surface area contributed by atoms with Gasteiger partial charge < -0.3 is 20.6 Å². The molecule has 11 heteroatoms. The van der Waals surface area contributed by atoms with Crippen molar-refractivity contribution in [2.24, 2.45) is 0 Å². The summed E-state index contributed by atoms with van der Waals surface area (Å²) >= 11 is 18.5. The topological polar surface area (TPSA) is 124 Å². The van der Waals surface area contributed by atoms with Crippen molar-refractivity contribution in [3.63, 3.8) is 0 Å². The molecule has 0 aromatic heterocycles. The zero-order valence-electron chi connectivity index (χ0n) is 15.2. The number of rotatable bonds is 5. The predicted octanol–water partition coefficient (Wildman–Crippen LogP) is 5.61. The van der Waals surface area contributed by atoms with Gasteiger partial charge in [0.15, 0.2) is 0 Å². The Labute approximate surface area is 194 Å². The molecule has 7 nitrogen and oxygen atoms in total. The molecule has 4 N–H and O–H groups in total. The molecular formula is C20H12Cl3NO6S. The van der Waals surface area contributed by atoms with Crippen LogP contribution in [-0.2, 0) is 0 Å². The monoisotopic (exact) mass is 499 g/mol. The van der Waals surface area contributed by atoms with E-state index >= 15 is 0 Å². The van der Waals surface area contributed by atoms with Gasteiger partial charge in [-0.2, -0.15) is 0 Å². The van der Waals surface area contributed by atoms with E-state index in [4.69, 9.17) is 34.8 Å². The number of fused-ring (bicyclic) bond motifs is 1. The Kier molecular flexibility index (Phi) is 6.56. The molecule has 160 valence electrons. The number of phenolic OH excluding ortho intramolecular Hbond substituents is 1. The third kappa shape index (κ3) is 5.34. The van der Waals surface area contributed by atoms with E-state index in [-0.39, 0.29) is 28.1 Å². The number of thioether (sulfide) groups is 1. The molecule has 3 aromatic rings. The van der Waals surface area contributed by atoms with E-state index in [1.54, 1.807) is 24.3 Å². The number of amides is 1. The number of benzene rings is 3. The van der Waals surface area contributed by atoms with Gasteiger partial charge >= 0.3 is 11.9 Å². The van der Waals surface area contributed by atoms with Gasteiger partial charge in [0.1, 0.15) is 5.75 Å². The number of nitrogens with one attached hydrogen (secondary N) is 1. The maximum Gasteiger partial charge on any atom is 0.335 e. The van der Waals surface area contributed by atoms with Gasteiger partial charge in [-0.05, 0) is 29.7 Å². The van der Waals surface area contributed by atoms with E-state index in [2.05, 4.69) is 5.32 Å². The summed E-state index contributed by atoms with van der Waals surface area (Å²) in [4.78, 5) is 35.8. The van der Waals surface area contributed by atoms with E-state index in [0.29, 0.717) is 15.7 Å². The molecule has 31 heavy (non-hydrogen) atoms. The zero-order chi connectivity index (χ0) is 22.9. The van der Waals surface area contributed by atoms with E-state index in [9.17, 15) is 29.7 Å². The van der Waals surface area contributed by atoms with Crippen LogP contribution in [0.25, 0.3) is 10.8 Å². The van der Waals surface area contributed by atoms with Crippen LogP contribution in [0.4, 0.5) is 5.69 Å². The molecule has 0 bridgehead atoms. The fraction of sp³-hybridized carbons (Fsp3) is 0.0500. The summed E-state index contributed by atoms with van der Waals surface area (Å²) < 4.78 is -1.74. The molecule has 0 heterocycles. The van der Waals surface area contributed by atoms with Crippen molar-refractivity contribution in [2.75, 3.05) is 5.32 Å². The third-order valence-corrected chi connectivity index (χ3v) is 5.62. The van der Waals surface area contributed by atoms with Gasteiger partial charge in [-0.3, -0.25) is 4.79 Å². The van der Waals surface area contributed by atoms with Crippen molar-refractivity contribution < 1.29 is 29.7 Å². The highest BCUT2D eigenvalue weighted by atomic mass is 35.6. The second kappa shape index (κ2) is 8.84. The summed E-state index contributed by atoms with van der Waals surface area (Å²) in [7, 11) is 0. The minimum atomic E-state index is -1.74. The van der Waals surface area contributed by atoms with Gasteiger partial charge in [0.25, 0.3) is 5.91 Å². The first-order valence-corrected chi connectivity index (χ1v) is 10.3. The predicted molar refractivity (Wildman–Crippen MR) is 120 cm³/mol. The molecule has 0 atom stereocenters. The zero-order valence-corrected chi connectivity index (χ0v) is 18.3. The number of aromatic carboxylic acids is 2. The van der Waals surface area contributed by atoms with Gasteiger partial charge in [-0.1, -0.05) is 70.8 Å². The lowest BCUT2D eigenvalue weighted by Gasteiger charge is -2.16. The van der Waals surface area contributed by atoms with Gasteiger partial charge in [0.2, 0.25) is 3.12 Å². The van der Waals surface area contributed by atoms with Crippen molar-refractivity contribution in [1.29, 1.82) is 0 Å². The van der Waals surface area contributed by atoms with Crippen LogP contribution >= 0.6 is 46.6 Å². The second-order valence-corrected chi connectivity index (χ2v) is 10.4. The lowest BCUT2D eigenvalue weighted by Crippen LogP contribution is -2.14. The molecular weight excluding hydrogens is 489 g/mol. The molecule has 0 radical (unpaired) electrons. The number of carbonyl (C=O) groups is 3. The molecule has 0 fully saturated rings. The average molecular weight is 501 g/mol. The van der Waals surface area contributed by atoms with Gasteiger partial charge in [-0.15, -0.1) is 0 Å². The van der Waals surface area contributed by atoms with Crippen molar-refractivity contribution >= 4 is 80.9 Å². The summed E-state index contributed by atoms with van der Waals surface area (Å²) in [6.45, 7) is 0. The summed E-state index contributed by atoms with van der Waals surface area (Å²) in [6, 6.07) is 11.1. The number of carbonyl (C=O) groups excluding carboxylic acids is 1. The summed E-state index contributed by atoms with van der Waals surface area (Å²) in [5, 5.41) is 32.3. The average Bonchev–Trinajstić information content (AvgIpc) is 2.68. The number of hydrogen-bond donors (Lipinski definition) is 4. The number of carboxylic acids is 2. The largest absolute Gasteiger partial charge is 0.506 e. The standard InChI is InChI=1S/C20H12Cl3NO6S/c21-20(22,23)31-15-8-14(16(25)13-4-2-1-3-12(13)15)17(26)24-11-6-9(18(27)28)5-10(7-11)19(29)30/h1-8,25H,(H,24,26)(H,27,28)(H,29,30). The van der Waals surface area contributed by atoms with Crippen molar-refractivity contribution in [3.8, 4) is 5.75 Å². The number of hydrogen-bond acceptors (Lipinski definition) is 5. The quantitative estimate of drug-likeness (QED) is 0.265. The number of phenols is 1. The molecule has 0 aliphatic heterocycles. The number of carboxylic acid groups (broad SMARTS) is 2. The number of halogens is 3. The van der Waals surface area contributed by atoms with E-state index in [0.717, 1.165) is 30.0 Å². The van der Waals surface area contributed by atoms with Crippen molar-refractivity contribution in [2.45, 2.75) is 8.02 Å². The van der Waals surface area contributed by atoms with E-state index in [1.165, 1.54) is 6.07 Å². The Morgan fingerprint density at radius 2 is 1.42 bits per heavy atom. The number of aromatic hydroxyl groups is 1. The fourth-order valence-electron chi connectivity index (χ4n) is 2.85. The van der Waals surface area contributed by atoms with Gasteiger partial charge in [-0.25, -0.2) is 9.59 Å². The molecule has 0 aliphatic carbocycles. The van der Waals surface area contributed by atoms with Crippen LogP contribution in [-0.4, -0.2) is 36.3 Å². The highest BCUT2D eigenvalue weighted by molar-refractivity contribution is 8.04. The van der Waals surface area contributed by atoms with Crippen LogP contribution in [0.5, 0.6) is 5.75 Å². The Balaban J connectivity index is 2.08. The molecule has 0 spiro atoms. The molecule has 3 rings (SSSR count). The molecule has 3 aromatic carbocycles. The van der Waals surface area contributed by atoms with Crippen LogP contribution in [0.2, 0.25) is 0 Å². The SMILES string of the molecule is O=C(O)c1cc(NC(=O)c2cc(SC(Cl)(Cl)Cl)c3ccccc3c2O)cc(C(=O)O)c1. The fourth-order valence-corrected chi connectivity index (χ4v) is 4.32. The maximum atomic E-state index is 12.9. The summed E-state index contributed by atoms with van der Waals surface area (Å²) in [6.07, 6.45) is 0. The smallest absolute Gasteiger partial charge is 0.335 e. The Bertz CT molecular complexity index is 1190. The molecule has 0 saturated heterocycles. The molecule has 0 saturated carbocycles. The second-order valence-electron chi connectivity index (χ2n) is 6.23. The first-order chi connectivity index (χ1) is 14.5. The Morgan fingerprint density at radius 1 is 0.871 bits per heavy atom. The van der Waals surface area contributed by atoms with Gasteiger partial charge in [0.05, 0.1) is 16.7 Å². The highest BCUT2D eigenvalue weighted by Gasteiger charge is 2.25. The van der Waals surface area contributed by atoms with Crippen LogP contribution in [0.15, 0.2) is 53.4 Å². The molecule has 0 aliphatic rings. The van der Waals surface area contributed by atoms with Crippen LogP contribution < -0.4 is 5.32 Å². The first-order valence-electron chi connectivity index (χ1n) is 8.40. The molecule has 1 amide bonds. The third-order valence-electron chi connectivity index (χ3n) is 4.13. The first kappa shape index (κ1) is 23.0. The maximum absolute atomic E-state index is 12.9. The van der Waals surface area contributed by atoms with Crippen molar-refractivity contribution in [1.82, 2.24) is 0 Å². The number of alkyl halides is 3. The van der Waals surface area contributed by atoms with E-state index in [1.807, 2.05) is 0 Å². The Morgan fingerprint density at radius 3 is 1.94 bits per heavy atom. The van der Waals surface area contributed by atoms with Gasteiger partial charge in [0, 0.05) is 16.0 Å². The number of anilines is 1. The Hall–Kier alpha value is -2.65. The minimum Gasteiger partial charge on any atom is -0.506 e. The van der Waals surface area contributed by atoms with Crippen molar-refractivity contribution in [3.05, 3.63) is 65.2 Å². The minimum absolute atomic E-state index is 0.0783. The lowest BCUT2D eigenvalue weighted by atomic mass is 10.0. The van der Waals surface area contributed by atoms with E-state index < -0.39 is 21.0 Å². The molecule has 0 unspecified atom stereocenters. The van der Waals surface area contributed by atoms with Crippen LogP contribution in [0.3, 0.4) is 0 Å². The van der Waals surface area contributed by atoms with Crippen LogP contribution in [0, 0.1) is 0 Å². The summed E-state index contributed by atoms with van der Waals surface area (Å²) in [5.74, 6) is -3.88. The lowest BCUT2D eigenvalue weighted by molar-refractivity contribution is 0.0696.